The first-order chi connectivity index (χ1) is 28.6. The third kappa shape index (κ3) is 15.9. The first-order valence-corrected chi connectivity index (χ1v) is 19.1. The van der Waals surface area contributed by atoms with E-state index in [1.165, 1.54) is 18.5 Å². The van der Waals surface area contributed by atoms with E-state index < -0.39 is 61.2 Å². The van der Waals surface area contributed by atoms with Crippen LogP contribution in [0.15, 0.2) is 42.7 Å². The number of hydrogen-bond donors (Lipinski definition) is 5. The van der Waals surface area contributed by atoms with Gasteiger partial charge in [0.1, 0.15) is 18.4 Å². The van der Waals surface area contributed by atoms with Crippen LogP contribution < -0.4 is 15.4 Å². The van der Waals surface area contributed by atoms with Gasteiger partial charge in [0.25, 0.3) is 11.8 Å². The Balaban J connectivity index is 1.25. The van der Waals surface area contributed by atoms with Crippen molar-refractivity contribution < 1.29 is 57.6 Å². The molecule has 4 rings (SSSR count). The van der Waals surface area contributed by atoms with Crippen LogP contribution >= 0.6 is 0 Å². The lowest BCUT2D eigenvalue weighted by molar-refractivity contribution is -0.140. The van der Waals surface area contributed by atoms with Crippen molar-refractivity contribution >= 4 is 47.8 Å². The molecule has 19 nitrogen and oxygen atoms in total. The largest absolute Gasteiger partial charge is 0.492 e. The summed E-state index contributed by atoms with van der Waals surface area (Å²) in [6.45, 7) is 0.277. The lowest BCUT2D eigenvalue weighted by Crippen LogP contribution is -2.50. The summed E-state index contributed by atoms with van der Waals surface area (Å²) in [5, 5.41) is 42.6. The fraction of sp³-hybridized carbons (Fsp3) is 0.487. The van der Waals surface area contributed by atoms with Crippen LogP contribution in [0.5, 0.6) is 5.75 Å². The number of benzene rings is 1. The second-order valence-corrected chi connectivity index (χ2v) is 14.3. The van der Waals surface area contributed by atoms with Gasteiger partial charge < -0.3 is 35.6 Å². The molecule has 0 bridgehead atoms. The van der Waals surface area contributed by atoms with Crippen molar-refractivity contribution in [3.05, 3.63) is 59.4 Å². The molecule has 5 N–H and O–H groups in total. The molecule has 3 amide bonds. The number of nitriles is 1. The second kappa shape index (κ2) is 22.9. The highest BCUT2D eigenvalue weighted by atomic mass is 19.3. The number of carboxylic acids is 3. The number of aromatic nitrogens is 1. The monoisotopic (exact) mass is 841 g/mol. The number of halogens is 2. The minimum atomic E-state index is -3.17. The molecule has 2 aromatic rings. The van der Waals surface area contributed by atoms with E-state index in [4.69, 9.17) is 10.00 Å². The third-order valence-electron chi connectivity index (χ3n) is 9.64. The van der Waals surface area contributed by atoms with E-state index in [1.54, 1.807) is 57.2 Å². The van der Waals surface area contributed by atoms with Crippen LogP contribution in [0.25, 0.3) is 12.2 Å². The van der Waals surface area contributed by atoms with Gasteiger partial charge in [0.15, 0.2) is 0 Å². The first kappa shape index (κ1) is 46.6. The topological polar surface area (TPSA) is 249 Å². The number of rotatable bonds is 17. The van der Waals surface area contributed by atoms with Crippen LogP contribution in [0.1, 0.15) is 27.9 Å². The maximum atomic E-state index is 13.8. The molecule has 1 aromatic heterocycles. The van der Waals surface area contributed by atoms with Crippen LogP contribution in [0.4, 0.5) is 8.78 Å². The van der Waals surface area contributed by atoms with Gasteiger partial charge in [-0.2, -0.15) is 5.26 Å². The zero-order valence-corrected chi connectivity index (χ0v) is 32.9. The first-order valence-electron chi connectivity index (χ1n) is 19.1. The zero-order chi connectivity index (χ0) is 43.7. The van der Waals surface area contributed by atoms with E-state index in [1.807, 2.05) is 4.90 Å². The van der Waals surface area contributed by atoms with Crippen molar-refractivity contribution in [1.29, 1.82) is 5.26 Å². The van der Waals surface area contributed by atoms with Gasteiger partial charge in [-0.1, -0.05) is 24.3 Å². The van der Waals surface area contributed by atoms with Crippen molar-refractivity contribution in [3.8, 4) is 11.8 Å². The van der Waals surface area contributed by atoms with Crippen LogP contribution in [0.2, 0.25) is 0 Å². The van der Waals surface area contributed by atoms with Gasteiger partial charge in [0.05, 0.1) is 51.9 Å². The maximum Gasteiger partial charge on any atom is 0.317 e. The van der Waals surface area contributed by atoms with E-state index in [-0.39, 0.29) is 90.1 Å². The number of amides is 3. The second-order valence-electron chi connectivity index (χ2n) is 14.3. The van der Waals surface area contributed by atoms with Gasteiger partial charge in [0.2, 0.25) is 11.8 Å². The molecule has 0 unspecified atom stereocenters. The number of aliphatic carboxylic acids is 3. The summed E-state index contributed by atoms with van der Waals surface area (Å²) in [6.07, 6.45) is 5.46. The third-order valence-corrected chi connectivity index (χ3v) is 9.64. The van der Waals surface area contributed by atoms with Gasteiger partial charge in [-0.15, -0.1) is 0 Å². The molecule has 324 valence electrons. The van der Waals surface area contributed by atoms with Gasteiger partial charge >= 0.3 is 17.9 Å². The highest BCUT2D eigenvalue weighted by Gasteiger charge is 2.47. The van der Waals surface area contributed by atoms with E-state index in [0.717, 1.165) is 10.5 Å². The highest BCUT2D eigenvalue weighted by molar-refractivity contribution is 6.00. The molecule has 21 heteroatoms. The summed E-state index contributed by atoms with van der Waals surface area (Å²) in [5.41, 5.74) is 1.36. The average molecular weight is 842 g/mol. The SMILES string of the molecule is N#C[C@@H]1CC(F)(F)CN1C(=O)CNC(=O)c1ccncc1/C=C/c1ccc(OCCNC(=O)CN2CCN(CC(=O)O)CCN(CC(=O)O)CCN(CC(=O)O)CC2)cc1. The molecule has 0 spiro atoms. The minimum absolute atomic E-state index is 0.0325. The molecule has 0 radical (unpaired) electrons. The summed E-state index contributed by atoms with van der Waals surface area (Å²) in [7, 11) is 0. The summed E-state index contributed by atoms with van der Waals surface area (Å²) < 4.78 is 33.3. The summed E-state index contributed by atoms with van der Waals surface area (Å²) in [6, 6.07) is 8.82. The number of ether oxygens (including phenoxy) is 1. The smallest absolute Gasteiger partial charge is 0.317 e. The minimum Gasteiger partial charge on any atom is -0.492 e. The van der Waals surface area contributed by atoms with Crippen molar-refractivity contribution in [1.82, 2.24) is 40.1 Å². The van der Waals surface area contributed by atoms with Crippen molar-refractivity contribution in [2.75, 3.05) is 105 Å². The maximum absolute atomic E-state index is 13.8. The fourth-order valence-corrected chi connectivity index (χ4v) is 6.56. The van der Waals surface area contributed by atoms with Crippen LogP contribution in [-0.2, 0) is 24.0 Å². The zero-order valence-electron chi connectivity index (χ0n) is 32.9. The lowest BCUT2D eigenvalue weighted by Gasteiger charge is -2.32. The number of carboxylic acid groups (broad SMARTS) is 3. The number of nitrogens with zero attached hydrogens (tertiary/aromatic N) is 7. The van der Waals surface area contributed by atoms with Crippen molar-refractivity contribution in [2.45, 2.75) is 18.4 Å². The highest BCUT2D eigenvalue weighted by Crippen LogP contribution is 2.31. The Bertz CT molecular complexity index is 1860. The molecule has 0 saturated carbocycles. The fourth-order valence-electron chi connectivity index (χ4n) is 6.56. The van der Waals surface area contributed by atoms with Crippen LogP contribution in [0, 0.1) is 11.3 Å². The Hall–Kier alpha value is -6.08. The predicted molar refractivity (Wildman–Crippen MR) is 210 cm³/mol. The lowest BCUT2D eigenvalue weighted by atomic mass is 10.1. The van der Waals surface area contributed by atoms with Crippen LogP contribution in [-0.4, -0.2) is 197 Å². The van der Waals surface area contributed by atoms with Gasteiger partial charge in [-0.25, -0.2) is 8.78 Å². The molecular formula is C39H49F2N9O10. The van der Waals surface area contributed by atoms with Gasteiger partial charge in [-0.05, 0) is 23.8 Å². The summed E-state index contributed by atoms with van der Waals surface area (Å²) >= 11 is 0. The average Bonchev–Trinajstić information content (AvgIpc) is 3.53. The molecule has 1 aromatic carbocycles. The number of likely N-dealkylation sites (tertiary alicyclic amines) is 1. The van der Waals surface area contributed by atoms with Crippen LogP contribution in [0.3, 0.4) is 0 Å². The molecule has 60 heavy (non-hydrogen) atoms. The number of pyridine rings is 1. The molecule has 1 atom stereocenters. The molecule has 2 aliphatic rings. The van der Waals surface area contributed by atoms with Gasteiger partial charge in [0, 0.05) is 82.3 Å². The Morgan fingerprint density at radius 2 is 1.33 bits per heavy atom. The number of alkyl halides is 2. The van der Waals surface area contributed by atoms with Gasteiger partial charge in [-0.3, -0.25) is 53.4 Å². The number of nitrogens with one attached hydrogen (secondary N) is 2. The Kier molecular flexibility index (Phi) is 17.8. The number of hydrogen-bond acceptors (Lipinski definition) is 13. The van der Waals surface area contributed by atoms with Crippen molar-refractivity contribution in [3.63, 3.8) is 0 Å². The Morgan fingerprint density at radius 3 is 1.85 bits per heavy atom. The molecule has 2 saturated heterocycles. The van der Waals surface area contributed by atoms with E-state index in [0.29, 0.717) is 24.4 Å². The van der Waals surface area contributed by atoms with E-state index >= 15 is 0 Å². The Labute approximate surface area is 344 Å². The standard InChI is InChI=1S/C39H49F2N9O10/c40-39(41)19-30(20-42)50(27-39)34(52)22-45-38(59)32-7-8-43-21-29(32)4-1-28-2-5-31(6-3-28)60-18-9-44-33(51)23-46-10-12-47(24-35(53)54)14-16-49(26-37(57)58)17-15-48(13-11-46)25-36(55)56/h1-8,21,30H,9-19,22-27H2,(H,44,51)(H,45,59)(H,53,54)(H,55,56)(H,57,58)/b4-1+/t30-/m0/s1. The normalized spacial score (nSPS) is 18.5. The molecular weight excluding hydrogens is 792 g/mol. The predicted octanol–water partition coefficient (Wildman–Crippen LogP) is -0.288. The van der Waals surface area contributed by atoms with E-state index in [9.17, 15) is 52.9 Å². The van der Waals surface area contributed by atoms with E-state index in [2.05, 4.69) is 15.6 Å². The molecule has 0 aliphatic carbocycles. The molecule has 2 fully saturated rings. The quantitative estimate of drug-likeness (QED) is 0.128. The Morgan fingerprint density at radius 1 is 0.800 bits per heavy atom. The van der Waals surface area contributed by atoms with Crippen molar-refractivity contribution in [2.24, 2.45) is 0 Å². The number of carbonyl (C=O) groups excluding carboxylic acids is 3. The molecule has 2 aliphatic heterocycles. The summed E-state index contributed by atoms with van der Waals surface area (Å²) in [5.74, 6) is -7.52. The summed E-state index contributed by atoms with van der Waals surface area (Å²) in [4.78, 5) is 84.5. The molecule has 3 heterocycles. The number of carbonyl (C=O) groups is 6.